The van der Waals surface area contributed by atoms with Crippen molar-refractivity contribution in [1.29, 1.82) is 0 Å². The van der Waals surface area contributed by atoms with Gasteiger partial charge in [0.15, 0.2) is 4.90 Å². The fourth-order valence-corrected chi connectivity index (χ4v) is 5.69. The third-order valence-electron chi connectivity index (χ3n) is 6.83. The van der Waals surface area contributed by atoms with E-state index in [2.05, 4.69) is 5.32 Å². The molecule has 1 aromatic heterocycles. The minimum atomic E-state index is -4.59. The van der Waals surface area contributed by atoms with Gasteiger partial charge in [0.2, 0.25) is 0 Å². The molecule has 4 rings (SSSR count). The lowest BCUT2D eigenvalue weighted by atomic mass is 9.58. The van der Waals surface area contributed by atoms with Crippen LogP contribution in [-0.2, 0) is 35.7 Å². The van der Waals surface area contributed by atoms with E-state index in [0.29, 0.717) is 32.8 Å². The molecule has 12 heteroatoms. The highest BCUT2D eigenvalue weighted by molar-refractivity contribution is 7.91. The van der Waals surface area contributed by atoms with Gasteiger partial charge >= 0.3 is 6.18 Å². The van der Waals surface area contributed by atoms with Crippen molar-refractivity contribution in [2.45, 2.75) is 36.3 Å². The number of rotatable bonds is 9. The van der Waals surface area contributed by atoms with E-state index in [0.717, 1.165) is 11.6 Å². The van der Waals surface area contributed by atoms with Gasteiger partial charge in [-0.2, -0.15) is 13.2 Å². The topological polar surface area (TPSA) is 57.1 Å². The van der Waals surface area contributed by atoms with Crippen molar-refractivity contribution in [1.82, 2.24) is 9.88 Å². The summed E-state index contributed by atoms with van der Waals surface area (Å²) in [4.78, 5) is 13.9. The molecular weight excluding hydrogens is 561 g/mol. The first kappa shape index (κ1) is 30.1. The molecule has 3 aromatic carbocycles. The van der Waals surface area contributed by atoms with Gasteiger partial charge in [0.05, 0.1) is 12.1 Å². The molecule has 0 saturated carbocycles. The third kappa shape index (κ3) is 6.53. The summed E-state index contributed by atoms with van der Waals surface area (Å²) in [7, 11) is 3.71. The fraction of sp³-hybridized carbons (Fsp3) is 0.250. The smallest absolute Gasteiger partial charge is 0.416 e. The summed E-state index contributed by atoms with van der Waals surface area (Å²) in [5, 5.41) is 2.86. The second kappa shape index (κ2) is 11.9. The number of fused-ring (bicyclic) bond motifs is 1. The average Bonchev–Trinajstić information content (AvgIpc) is 3.24. The minimum Gasteiger partial charge on any atom is -0.611 e. The van der Waals surface area contributed by atoms with Gasteiger partial charge in [0.1, 0.15) is 28.1 Å². The van der Waals surface area contributed by atoms with Crippen molar-refractivity contribution in [2.24, 2.45) is 0 Å². The number of aromatic nitrogens is 1. The van der Waals surface area contributed by atoms with Crippen LogP contribution in [0.3, 0.4) is 0 Å². The van der Waals surface area contributed by atoms with Crippen LogP contribution in [0, 0.1) is 0 Å². The Morgan fingerprint density at radius 2 is 1.75 bits per heavy atom. The zero-order valence-electron chi connectivity index (χ0n) is 22.2. The van der Waals surface area contributed by atoms with Crippen molar-refractivity contribution in [3.8, 4) is 0 Å². The number of carbonyl (C=O) groups excluding carboxylic acids is 1. The Balaban J connectivity index is 1.63. The van der Waals surface area contributed by atoms with Crippen LogP contribution in [0.5, 0.6) is 0 Å². The monoisotopic (exact) mass is 588 g/mol. The molecule has 0 aliphatic heterocycles. The molecule has 4 nitrogen and oxygen atoms in total. The molecule has 1 amide bonds. The molecule has 0 saturated heterocycles. The van der Waals surface area contributed by atoms with Crippen LogP contribution in [0.4, 0.5) is 17.6 Å². The van der Waals surface area contributed by atoms with Crippen LogP contribution < -0.4 is 5.32 Å². The molecule has 4 aromatic rings. The lowest BCUT2D eigenvalue weighted by Gasteiger charge is -2.27. The van der Waals surface area contributed by atoms with Gasteiger partial charge in [-0.05, 0) is 77.8 Å². The van der Waals surface area contributed by atoms with Crippen molar-refractivity contribution in [3.05, 3.63) is 99.7 Å². The second-order valence-corrected chi connectivity index (χ2v) is 12.1. The SMILES string of the molecule is BC(B)(NC(=O)c1ccc2c(c1)cc(Cc1ccc(Cl)cc1C(F)(F)F)n2CCF)c1ccc([S+]([O-])CC)cc1. The van der Waals surface area contributed by atoms with Gasteiger partial charge in [-0.1, -0.05) is 29.8 Å². The van der Waals surface area contributed by atoms with Gasteiger partial charge < -0.3 is 14.4 Å². The van der Waals surface area contributed by atoms with Crippen molar-refractivity contribution in [2.75, 3.05) is 12.4 Å². The highest BCUT2D eigenvalue weighted by Gasteiger charge is 2.34. The number of halogens is 5. The van der Waals surface area contributed by atoms with E-state index < -0.39 is 34.9 Å². The first-order chi connectivity index (χ1) is 18.8. The number of nitrogens with zero attached hydrogens (tertiary/aromatic N) is 1. The Hall–Kier alpha value is -2.88. The molecule has 0 radical (unpaired) electrons. The average molecular weight is 589 g/mol. The molecule has 0 aliphatic rings. The van der Waals surface area contributed by atoms with Gasteiger partial charge in [-0.25, -0.2) is 4.39 Å². The van der Waals surface area contributed by atoms with E-state index in [1.165, 1.54) is 12.1 Å². The number of alkyl halides is 4. The van der Waals surface area contributed by atoms with E-state index in [1.54, 1.807) is 41.0 Å². The molecule has 40 heavy (non-hydrogen) atoms. The highest BCUT2D eigenvalue weighted by atomic mass is 35.5. The number of nitrogens with one attached hydrogen (secondary N) is 1. The predicted octanol–water partition coefficient (Wildman–Crippen LogP) is 4.81. The van der Waals surface area contributed by atoms with Gasteiger partial charge in [0.25, 0.3) is 5.91 Å². The fourth-order valence-electron chi connectivity index (χ4n) is 4.74. The minimum absolute atomic E-state index is 0.0216. The van der Waals surface area contributed by atoms with Crippen LogP contribution in [0.1, 0.15) is 39.7 Å². The van der Waals surface area contributed by atoms with Crippen molar-refractivity contribution >= 4 is 55.3 Å². The summed E-state index contributed by atoms with van der Waals surface area (Å²) < 4.78 is 68.2. The normalized spacial score (nSPS) is 13.0. The Morgan fingerprint density at radius 3 is 2.38 bits per heavy atom. The summed E-state index contributed by atoms with van der Waals surface area (Å²) in [6, 6.07) is 17.5. The molecule has 1 unspecified atom stereocenters. The van der Waals surface area contributed by atoms with E-state index in [-0.39, 0.29) is 29.5 Å². The predicted molar refractivity (Wildman–Crippen MR) is 157 cm³/mol. The number of hydrogen-bond donors (Lipinski definition) is 1. The lowest BCUT2D eigenvalue weighted by molar-refractivity contribution is -0.138. The summed E-state index contributed by atoms with van der Waals surface area (Å²) in [5.74, 6) is 0.171. The van der Waals surface area contributed by atoms with Crippen LogP contribution in [0.15, 0.2) is 71.6 Å². The largest absolute Gasteiger partial charge is 0.611 e. The zero-order valence-corrected chi connectivity index (χ0v) is 23.8. The third-order valence-corrected chi connectivity index (χ3v) is 8.39. The maximum absolute atomic E-state index is 13.7. The van der Waals surface area contributed by atoms with Gasteiger partial charge in [-0.3, -0.25) is 4.79 Å². The number of amides is 1. The molecule has 0 bridgehead atoms. The maximum Gasteiger partial charge on any atom is 0.416 e. The summed E-state index contributed by atoms with van der Waals surface area (Å²) in [5.41, 5.74) is 1.48. The molecule has 0 spiro atoms. The molecule has 208 valence electrons. The molecule has 0 fully saturated rings. The van der Waals surface area contributed by atoms with E-state index >= 15 is 0 Å². The maximum atomic E-state index is 13.7. The Bertz CT molecular complexity index is 1530. The van der Waals surface area contributed by atoms with Gasteiger partial charge in [0, 0.05) is 38.9 Å². The van der Waals surface area contributed by atoms with E-state index in [1.807, 2.05) is 34.7 Å². The molecule has 1 atom stereocenters. The first-order valence-electron chi connectivity index (χ1n) is 12.7. The quantitative estimate of drug-likeness (QED) is 0.173. The van der Waals surface area contributed by atoms with Crippen LogP contribution >= 0.6 is 11.6 Å². The highest BCUT2D eigenvalue weighted by Crippen LogP contribution is 2.35. The summed E-state index contributed by atoms with van der Waals surface area (Å²) >= 11 is 4.75. The van der Waals surface area contributed by atoms with Gasteiger partial charge in [-0.15, -0.1) is 0 Å². The number of hydrogen-bond acceptors (Lipinski definition) is 2. The Kier molecular flexibility index (Phi) is 8.97. The lowest BCUT2D eigenvalue weighted by Crippen LogP contribution is -2.47. The number of aryl methyl sites for hydroxylation is 1. The van der Waals surface area contributed by atoms with Crippen LogP contribution in [0.2, 0.25) is 5.02 Å². The standard InChI is InChI=1S/C28H27B2ClF4N2O2S/c1-2-40(39)23-8-5-20(6-9-23)27(29,30)36-26(38)18-4-10-25-19(13-18)15-22(37(25)12-11-32)14-17-3-7-21(31)16-24(17)28(33,34)35/h3-10,13,15-16H,2,11-12,14,29-30H2,1H3,(H,36,38). The Morgan fingerprint density at radius 1 is 1.05 bits per heavy atom. The molecular formula is C28H27B2ClF4N2O2S. The Labute approximate surface area is 240 Å². The molecule has 0 aliphatic carbocycles. The number of carbonyl (C=O) groups is 1. The number of benzene rings is 3. The first-order valence-corrected chi connectivity index (χ1v) is 14.4. The van der Waals surface area contributed by atoms with E-state index in [4.69, 9.17) is 11.6 Å². The molecule has 1 N–H and O–H groups in total. The molecule has 1 heterocycles. The van der Waals surface area contributed by atoms with Crippen LogP contribution in [0.25, 0.3) is 10.9 Å². The second-order valence-electron chi connectivity index (χ2n) is 9.96. The zero-order chi connectivity index (χ0) is 29.2. The van der Waals surface area contributed by atoms with Crippen molar-refractivity contribution in [3.63, 3.8) is 0 Å². The summed E-state index contributed by atoms with van der Waals surface area (Å²) in [6.45, 7) is 1.10. The van der Waals surface area contributed by atoms with Crippen molar-refractivity contribution < 1.29 is 26.9 Å². The van der Waals surface area contributed by atoms with Crippen LogP contribution in [-0.4, -0.2) is 43.1 Å². The van der Waals surface area contributed by atoms with E-state index in [9.17, 15) is 26.9 Å². The summed E-state index contributed by atoms with van der Waals surface area (Å²) in [6.07, 6.45) is -4.68.